The first-order chi connectivity index (χ1) is 22.2. The SMILES string of the molecule is CC(C)Oc1ccc(C(=O)N2C[C@@H]3NC(=O)c4cc(ccc4F)-c4cccc(c4)OCC(=O)NCc4ccc(cc4)O[C@H]3C2)cc1. The van der Waals surface area contributed by atoms with Crippen LogP contribution in [0.15, 0.2) is 91.0 Å². The second-order valence-electron chi connectivity index (χ2n) is 11.6. The summed E-state index contributed by atoms with van der Waals surface area (Å²) in [6, 6.07) is 24.8. The molecule has 0 aromatic heterocycles. The molecule has 6 bridgehead atoms. The Bertz CT molecular complexity index is 1740. The van der Waals surface area contributed by atoms with Gasteiger partial charge in [0, 0.05) is 18.7 Å². The second-order valence-corrected chi connectivity index (χ2v) is 11.6. The van der Waals surface area contributed by atoms with Crippen molar-refractivity contribution < 1.29 is 33.0 Å². The minimum absolute atomic E-state index is 0.00113. The summed E-state index contributed by atoms with van der Waals surface area (Å²) >= 11 is 0. The van der Waals surface area contributed by atoms with Crippen LogP contribution in [0.2, 0.25) is 0 Å². The Labute approximate surface area is 266 Å². The highest BCUT2D eigenvalue weighted by Gasteiger charge is 2.38. The maximum absolute atomic E-state index is 15.1. The number of nitrogens with one attached hydrogen (secondary N) is 2. The molecule has 1 fully saturated rings. The Balaban J connectivity index is 1.30. The van der Waals surface area contributed by atoms with Crippen LogP contribution < -0.4 is 24.8 Å². The second kappa shape index (κ2) is 13.3. The third-order valence-electron chi connectivity index (χ3n) is 7.79. The van der Waals surface area contributed by atoms with Crippen LogP contribution in [0, 0.1) is 5.82 Å². The molecule has 0 radical (unpaired) electrons. The van der Waals surface area contributed by atoms with Crippen molar-refractivity contribution in [1.29, 1.82) is 0 Å². The predicted molar refractivity (Wildman–Crippen MR) is 169 cm³/mol. The first-order valence-corrected chi connectivity index (χ1v) is 15.1. The van der Waals surface area contributed by atoms with E-state index in [1.54, 1.807) is 65.6 Å². The highest BCUT2D eigenvalue weighted by molar-refractivity contribution is 5.97. The van der Waals surface area contributed by atoms with E-state index >= 15 is 4.39 Å². The van der Waals surface area contributed by atoms with E-state index in [1.165, 1.54) is 12.1 Å². The number of hydrogen-bond donors (Lipinski definition) is 2. The number of fused-ring (bicyclic) bond motifs is 7. The third kappa shape index (κ3) is 7.12. The quantitative estimate of drug-likeness (QED) is 0.333. The number of rotatable bonds is 3. The Morgan fingerprint density at radius 3 is 2.43 bits per heavy atom. The van der Waals surface area contributed by atoms with Gasteiger partial charge in [0.25, 0.3) is 17.7 Å². The summed E-state index contributed by atoms with van der Waals surface area (Å²) in [6.07, 6.45) is -0.617. The molecule has 7 rings (SSSR count). The van der Waals surface area contributed by atoms with Crippen LogP contribution >= 0.6 is 0 Å². The number of benzene rings is 4. The van der Waals surface area contributed by atoms with Gasteiger partial charge >= 0.3 is 0 Å². The summed E-state index contributed by atoms with van der Waals surface area (Å²) in [7, 11) is 0. The summed E-state index contributed by atoms with van der Waals surface area (Å²) in [5, 5.41) is 5.77. The maximum Gasteiger partial charge on any atom is 0.258 e. The molecule has 4 aromatic rings. The standard InChI is InChI=1S/C36H34FN3O6/c1-22(2)45-27-13-8-24(9-14-27)36(43)40-19-32-33(20-40)46-28-11-6-23(7-12-28)18-38-34(41)21-44-29-5-3-4-25(16-29)26-10-15-31(37)30(17-26)35(42)39-32/h3-17,22,32-33H,18-21H2,1-2H3,(H,38,41)(H,39,42)/t32-,33-/m0/s1. The number of nitrogens with zero attached hydrogens (tertiary/aromatic N) is 1. The number of carbonyl (C=O) groups is 3. The Morgan fingerprint density at radius 1 is 0.913 bits per heavy atom. The van der Waals surface area contributed by atoms with Crippen molar-refractivity contribution in [2.24, 2.45) is 0 Å². The van der Waals surface area contributed by atoms with Gasteiger partial charge in [0.15, 0.2) is 6.61 Å². The Hall–Kier alpha value is -5.38. The van der Waals surface area contributed by atoms with Crippen LogP contribution in [0.25, 0.3) is 11.1 Å². The first-order valence-electron chi connectivity index (χ1n) is 15.1. The van der Waals surface area contributed by atoms with Crippen molar-refractivity contribution in [3.05, 3.63) is 114 Å². The zero-order chi connectivity index (χ0) is 32.2. The third-order valence-corrected chi connectivity index (χ3v) is 7.79. The van der Waals surface area contributed by atoms with Gasteiger partial charge in [-0.3, -0.25) is 14.4 Å². The van der Waals surface area contributed by atoms with Gasteiger partial charge in [0.1, 0.15) is 29.2 Å². The highest BCUT2D eigenvalue weighted by atomic mass is 19.1. The lowest BCUT2D eigenvalue weighted by Gasteiger charge is -2.21. The molecule has 2 atom stereocenters. The van der Waals surface area contributed by atoms with Crippen LogP contribution in [0.3, 0.4) is 0 Å². The fraction of sp³-hybridized carbons (Fsp3) is 0.250. The molecule has 1 saturated heterocycles. The van der Waals surface area contributed by atoms with Gasteiger partial charge in [0.2, 0.25) is 0 Å². The number of amides is 3. The average Bonchev–Trinajstić information content (AvgIpc) is 3.44. The molecular formula is C36H34FN3O6. The van der Waals surface area contributed by atoms with Gasteiger partial charge in [-0.15, -0.1) is 0 Å². The number of hydrogen-bond acceptors (Lipinski definition) is 6. The first kappa shape index (κ1) is 30.6. The Morgan fingerprint density at radius 2 is 1.67 bits per heavy atom. The van der Waals surface area contributed by atoms with Gasteiger partial charge in [-0.25, -0.2) is 4.39 Å². The fourth-order valence-electron chi connectivity index (χ4n) is 5.48. The molecule has 46 heavy (non-hydrogen) atoms. The summed E-state index contributed by atoms with van der Waals surface area (Å²) in [5.74, 6) is -0.193. The number of likely N-dealkylation sites (tertiary alicyclic amines) is 1. The van der Waals surface area contributed by atoms with Crippen LogP contribution in [-0.4, -0.2) is 60.6 Å². The van der Waals surface area contributed by atoms with Gasteiger partial charge in [0.05, 0.1) is 24.3 Å². The van der Waals surface area contributed by atoms with E-state index < -0.39 is 23.9 Å². The average molecular weight is 624 g/mol. The zero-order valence-electron chi connectivity index (χ0n) is 25.5. The van der Waals surface area contributed by atoms with E-state index in [4.69, 9.17) is 14.2 Å². The molecule has 3 aliphatic heterocycles. The molecule has 236 valence electrons. The molecule has 3 amide bonds. The molecule has 10 heteroatoms. The summed E-state index contributed by atoms with van der Waals surface area (Å²) < 4.78 is 32.8. The lowest BCUT2D eigenvalue weighted by atomic mass is 10.0. The molecule has 3 heterocycles. The highest BCUT2D eigenvalue weighted by Crippen LogP contribution is 2.27. The predicted octanol–water partition coefficient (Wildman–Crippen LogP) is 4.99. The van der Waals surface area contributed by atoms with Crippen LogP contribution in [-0.2, 0) is 11.3 Å². The molecule has 0 aliphatic carbocycles. The van der Waals surface area contributed by atoms with Crippen LogP contribution in [0.4, 0.5) is 4.39 Å². The van der Waals surface area contributed by atoms with E-state index in [9.17, 15) is 14.4 Å². The van der Waals surface area contributed by atoms with Gasteiger partial charge in [-0.2, -0.15) is 0 Å². The lowest BCUT2D eigenvalue weighted by molar-refractivity contribution is -0.123. The van der Waals surface area contributed by atoms with Gasteiger partial charge in [-0.1, -0.05) is 30.3 Å². The summed E-state index contributed by atoms with van der Waals surface area (Å²) in [6.45, 7) is 4.32. The van der Waals surface area contributed by atoms with Crippen molar-refractivity contribution in [2.75, 3.05) is 19.7 Å². The number of ether oxygens (including phenoxy) is 3. The monoisotopic (exact) mass is 623 g/mol. The molecule has 3 aliphatic rings. The smallest absolute Gasteiger partial charge is 0.258 e. The van der Waals surface area contributed by atoms with E-state index in [0.29, 0.717) is 40.5 Å². The molecule has 2 N–H and O–H groups in total. The van der Waals surface area contributed by atoms with Crippen molar-refractivity contribution in [3.8, 4) is 28.4 Å². The van der Waals surface area contributed by atoms with Crippen LogP contribution in [0.5, 0.6) is 17.2 Å². The topological polar surface area (TPSA) is 106 Å². The maximum atomic E-state index is 15.1. The normalized spacial score (nSPS) is 18.1. The lowest BCUT2D eigenvalue weighted by Crippen LogP contribution is -2.45. The van der Waals surface area contributed by atoms with Crippen LogP contribution in [0.1, 0.15) is 40.1 Å². The van der Waals surface area contributed by atoms with Crippen molar-refractivity contribution in [1.82, 2.24) is 15.5 Å². The Kier molecular flexibility index (Phi) is 8.87. The minimum Gasteiger partial charge on any atom is -0.491 e. The minimum atomic E-state index is -0.685. The van der Waals surface area contributed by atoms with E-state index in [-0.39, 0.29) is 43.2 Å². The molecule has 0 spiro atoms. The van der Waals surface area contributed by atoms with E-state index in [2.05, 4.69) is 10.6 Å². The summed E-state index contributed by atoms with van der Waals surface area (Å²) in [4.78, 5) is 41.2. The fourth-order valence-corrected chi connectivity index (χ4v) is 5.48. The van der Waals surface area contributed by atoms with Crippen molar-refractivity contribution in [2.45, 2.75) is 38.6 Å². The van der Waals surface area contributed by atoms with Gasteiger partial charge in [-0.05, 0) is 91.2 Å². The van der Waals surface area contributed by atoms with E-state index in [1.807, 2.05) is 32.0 Å². The molecular weight excluding hydrogens is 589 g/mol. The zero-order valence-corrected chi connectivity index (χ0v) is 25.5. The molecule has 4 aromatic carbocycles. The molecule has 0 unspecified atom stereocenters. The molecule has 0 saturated carbocycles. The number of carbonyl (C=O) groups excluding carboxylic acids is 3. The van der Waals surface area contributed by atoms with Crippen molar-refractivity contribution in [3.63, 3.8) is 0 Å². The summed E-state index contributed by atoms with van der Waals surface area (Å²) in [5.41, 5.74) is 2.45. The van der Waals surface area contributed by atoms with Crippen molar-refractivity contribution >= 4 is 17.7 Å². The van der Waals surface area contributed by atoms with Gasteiger partial charge < -0.3 is 29.7 Å². The molecule has 9 nitrogen and oxygen atoms in total. The van der Waals surface area contributed by atoms with E-state index in [0.717, 1.165) is 5.56 Å². The largest absolute Gasteiger partial charge is 0.491 e. The number of halogens is 1.